The maximum absolute atomic E-state index is 13.0. The van der Waals surface area contributed by atoms with Gasteiger partial charge in [0.15, 0.2) is 11.6 Å². The van der Waals surface area contributed by atoms with Crippen LogP contribution < -0.4 is 10.6 Å². The van der Waals surface area contributed by atoms with Gasteiger partial charge < -0.3 is 15.7 Å². The van der Waals surface area contributed by atoms with E-state index in [0.29, 0.717) is 5.56 Å². The Morgan fingerprint density at radius 1 is 1.36 bits per heavy atom. The van der Waals surface area contributed by atoms with Crippen LogP contribution >= 0.6 is 0 Å². The highest BCUT2D eigenvalue weighted by Crippen LogP contribution is 2.26. The number of benzene rings is 1. The third-order valence-electron chi connectivity index (χ3n) is 2.43. The molecular weight excluding hydrogens is 183 g/mol. The second-order valence-electron chi connectivity index (χ2n) is 3.39. The summed E-state index contributed by atoms with van der Waals surface area (Å²) in [4.78, 5) is 0. The summed E-state index contributed by atoms with van der Waals surface area (Å²) < 4.78 is 13.0. The molecule has 0 bridgehead atoms. The fourth-order valence-electron chi connectivity index (χ4n) is 1.69. The fourth-order valence-corrected chi connectivity index (χ4v) is 1.69. The van der Waals surface area contributed by atoms with Gasteiger partial charge in [-0.15, -0.1) is 0 Å². The van der Waals surface area contributed by atoms with E-state index in [4.69, 9.17) is 0 Å². The molecule has 0 spiro atoms. The molecule has 1 fully saturated rings. The van der Waals surface area contributed by atoms with E-state index in [1.807, 2.05) is 0 Å². The summed E-state index contributed by atoms with van der Waals surface area (Å²) in [6.45, 7) is 2.46. The van der Waals surface area contributed by atoms with E-state index in [9.17, 15) is 9.50 Å². The zero-order valence-corrected chi connectivity index (χ0v) is 7.76. The molecule has 0 saturated carbocycles. The van der Waals surface area contributed by atoms with Gasteiger partial charge in [-0.3, -0.25) is 0 Å². The lowest BCUT2D eigenvalue weighted by atomic mass is 10.0. The number of aromatic hydroxyl groups is 1. The van der Waals surface area contributed by atoms with Crippen molar-refractivity contribution in [2.75, 3.05) is 19.6 Å². The quantitative estimate of drug-likeness (QED) is 0.621. The SMILES string of the molecule is Oc1c(F)cccc1[C@H]1CNCCN1. The molecule has 4 heteroatoms. The normalized spacial score (nSPS) is 22.2. The second kappa shape index (κ2) is 3.94. The molecule has 1 atom stereocenters. The smallest absolute Gasteiger partial charge is 0.165 e. The van der Waals surface area contributed by atoms with Gasteiger partial charge in [0, 0.05) is 31.2 Å². The Bertz CT molecular complexity index is 324. The molecule has 1 aromatic rings. The first-order valence-electron chi connectivity index (χ1n) is 4.70. The monoisotopic (exact) mass is 196 g/mol. The average Bonchev–Trinajstić information content (AvgIpc) is 2.23. The molecule has 3 nitrogen and oxygen atoms in total. The molecule has 0 unspecified atom stereocenters. The summed E-state index contributed by atoms with van der Waals surface area (Å²) in [5.41, 5.74) is 0.622. The number of hydrogen-bond acceptors (Lipinski definition) is 3. The fraction of sp³-hybridized carbons (Fsp3) is 0.400. The first-order valence-corrected chi connectivity index (χ1v) is 4.70. The lowest BCUT2D eigenvalue weighted by Crippen LogP contribution is -2.42. The third-order valence-corrected chi connectivity index (χ3v) is 2.43. The number of nitrogens with one attached hydrogen (secondary N) is 2. The molecule has 1 aliphatic heterocycles. The van der Waals surface area contributed by atoms with Gasteiger partial charge in [0.2, 0.25) is 0 Å². The van der Waals surface area contributed by atoms with Crippen LogP contribution in [0.3, 0.4) is 0 Å². The molecule has 2 rings (SSSR count). The molecule has 0 aliphatic carbocycles. The van der Waals surface area contributed by atoms with Crippen LogP contribution in [0.15, 0.2) is 18.2 Å². The summed E-state index contributed by atoms with van der Waals surface area (Å²) in [5, 5.41) is 15.9. The van der Waals surface area contributed by atoms with Crippen molar-refractivity contribution < 1.29 is 9.50 Å². The molecule has 1 saturated heterocycles. The van der Waals surface area contributed by atoms with Crippen LogP contribution in [-0.2, 0) is 0 Å². The van der Waals surface area contributed by atoms with E-state index < -0.39 is 5.82 Å². The van der Waals surface area contributed by atoms with E-state index in [2.05, 4.69) is 10.6 Å². The largest absolute Gasteiger partial charge is 0.505 e. The van der Waals surface area contributed by atoms with Crippen LogP contribution in [0.25, 0.3) is 0 Å². The Morgan fingerprint density at radius 3 is 2.93 bits per heavy atom. The Labute approximate surface area is 81.9 Å². The second-order valence-corrected chi connectivity index (χ2v) is 3.39. The summed E-state index contributed by atoms with van der Waals surface area (Å²) in [5.74, 6) is -0.802. The lowest BCUT2D eigenvalue weighted by molar-refractivity contribution is 0.387. The summed E-state index contributed by atoms with van der Waals surface area (Å²) in [6.07, 6.45) is 0. The van der Waals surface area contributed by atoms with Gasteiger partial charge in [0.1, 0.15) is 0 Å². The molecule has 0 amide bonds. The minimum absolute atomic E-state index is 0.000509. The van der Waals surface area contributed by atoms with Gasteiger partial charge in [-0.25, -0.2) is 4.39 Å². The number of phenolic OH excluding ortho intramolecular Hbond substituents is 1. The van der Waals surface area contributed by atoms with Crippen LogP contribution in [0, 0.1) is 5.82 Å². The zero-order valence-electron chi connectivity index (χ0n) is 7.76. The van der Waals surface area contributed by atoms with Crippen molar-refractivity contribution in [3.8, 4) is 5.75 Å². The summed E-state index contributed by atoms with van der Waals surface area (Å²) >= 11 is 0. The van der Waals surface area contributed by atoms with E-state index in [1.165, 1.54) is 6.07 Å². The summed E-state index contributed by atoms with van der Waals surface area (Å²) in [7, 11) is 0. The minimum atomic E-state index is -0.560. The van der Waals surface area contributed by atoms with E-state index >= 15 is 0 Å². The van der Waals surface area contributed by atoms with Crippen molar-refractivity contribution in [3.63, 3.8) is 0 Å². The Hall–Kier alpha value is -1.13. The molecule has 1 aliphatic rings. The first-order chi connectivity index (χ1) is 6.79. The molecule has 14 heavy (non-hydrogen) atoms. The molecule has 76 valence electrons. The highest BCUT2D eigenvalue weighted by Gasteiger charge is 2.18. The predicted octanol–water partition coefficient (Wildman–Crippen LogP) is 0.765. The number of hydrogen-bond donors (Lipinski definition) is 3. The number of rotatable bonds is 1. The number of piperazine rings is 1. The number of phenols is 1. The van der Waals surface area contributed by atoms with Crippen LogP contribution in [0.2, 0.25) is 0 Å². The Balaban J connectivity index is 2.26. The maximum atomic E-state index is 13.0. The van der Waals surface area contributed by atoms with Crippen molar-refractivity contribution in [2.24, 2.45) is 0 Å². The predicted molar refractivity (Wildman–Crippen MR) is 51.7 cm³/mol. The van der Waals surface area contributed by atoms with Crippen LogP contribution in [-0.4, -0.2) is 24.7 Å². The third kappa shape index (κ3) is 1.71. The molecule has 0 radical (unpaired) electrons. The van der Waals surface area contributed by atoms with Crippen LogP contribution in [0.1, 0.15) is 11.6 Å². The van der Waals surface area contributed by atoms with Crippen LogP contribution in [0.4, 0.5) is 4.39 Å². The number of para-hydroxylation sites is 1. The molecule has 0 aromatic heterocycles. The van der Waals surface area contributed by atoms with Crippen molar-refractivity contribution in [2.45, 2.75) is 6.04 Å². The molecular formula is C10H13FN2O. The van der Waals surface area contributed by atoms with E-state index in [-0.39, 0.29) is 11.8 Å². The lowest BCUT2D eigenvalue weighted by Gasteiger charge is -2.25. The standard InChI is InChI=1S/C10H13FN2O/c11-8-3-1-2-7(10(8)14)9-6-12-4-5-13-9/h1-3,9,12-14H,4-6H2/t9-/m1/s1. The Morgan fingerprint density at radius 2 is 2.21 bits per heavy atom. The Kier molecular flexibility index (Phi) is 2.65. The van der Waals surface area contributed by atoms with Gasteiger partial charge in [0.25, 0.3) is 0 Å². The molecule has 1 heterocycles. The van der Waals surface area contributed by atoms with Crippen LogP contribution in [0.5, 0.6) is 5.75 Å². The minimum Gasteiger partial charge on any atom is -0.505 e. The highest BCUT2D eigenvalue weighted by atomic mass is 19.1. The van der Waals surface area contributed by atoms with E-state index in [1.54, 1.807) is 12.1 Å². The van der Waals surface area contributed by atoms with Gasteiger partial charge in [-0.2, -0.15) is 0 Å². The molecule has 3 N–H and O–H groups in total. The van der Waals surface area contributed by atoms with Crippen molar-refractivity contribution in [1.82, 2.24) is 10.6 Å². The average molecular weight is 196 g/mol. The van der Waals surface area contributed by atoms with Crippen molar-refractivity contribution >= 4 is 0 Å². The van der Waals surface area contributed by atoms with Gasteiger partial charge in [-0.1, -0.05) is 12.1 Å². The summed E-state index contributed by atoms with van der Waals surface area (Å²) in [6, 6.07) is 4.61. The topological polar surface area (TPSA) is 44.3 Å². The molecule has 1 aromatic carbocycles. The maximum Gasteiger partial charge on any atom is 0.165 e. The first kappa shape index (κ1) is 9.43. The van der Waals surface area contributed by atoms with Crippen molar-refractivity contribution in [3.05, 3.63) is 29.6 Å². The van der Waals surface area contributed by atoms with Gasteiger partial charge >= 0.3 is 0 Å². The van der Waals surface area contributed by atoms with E-state index in [0.717, 1.165) is 19.6 Å². The van der Waals surface area contributed by atoms with Gasteiger partial charge in [-0.05, 0) is 6.07 Å². The van der Waals surface area contributed by atoms with Gasteiger partial charge in [0.05, 0.1) is 0 Å². The zero-order chi connectivity index (χ0) is 9.97. The van der Waals surface area contributed by atoms with Crippen molar-refractivity contribution in [1.29, 1.82) is 0 Å². The highest BCUT2D eigenvalue weighted by molar-refractivity contribution is 5.36. The number of halogens is 1.